The maximum atomic E-state index is 12.4. The van der Waals surface area contributed by atoms with E-state index in [0.29, 0.717) is 5.92 Å². The second-order valence-corrected chi connectivity index (χ2v) is 15.5. The van der Waals surface area contributed by atoms with Gasteiger partial charge in [0.15, 0.2) is 8.32 Å². The van der Waals surface area contributed by atoms with Gasteiger partial charge in [0, 0.05) is 7.11 Å². The fraction of sp³-hybridized carbons (Fsp3) is 0.955. The zero-order chi connectivity index (χ0) is 18.6. The molecule has 0 saturated heterocycles. The zero-order valence-electron chi connectivity index (χ0n) is 17.3. The van der Waals surface area contributed by atoms with Crippen molar-refractivity contribution in [2.75, 3.05) is 7.11 Å². The molecule has 3 nitrogen and oxygen atoms in total. The van der Waals surface area contributed by atoms with Crippen LogP contribution in [0.3, 0.4) is 0 Å². The number of hydrogen-bond acceptors (Lipinski definition) is 3. The van der Waals surface area contributed by atoms with Crippen molar-refractivity contribution in [2.24, 2.45) is 41.4 Å². The molecule has 4 aliphatic rings. The van der Waals surface area contributed by atoms with E-state index in [2.05, 4.69) is 19.6 Å². The molecule has 4 rings (SSSR count). The van der Waals surface area contributed by atoms with Gasteiger partial charge in [0.1, 0.15) is 5.60 Å². The molecule has 4 saturated carbocycles. The first-order valence-corrected chi connectivity index (χ1v) is 13.7. The minimum Gasteiger partial charge on any atom is -0.460 e. The quantitative estimate of drug-likeness (QED) is 0.346. The van der Waals surface area contributed by atoms with E-state index < -0.39 is 8.32 Å². The van der Waals surface area contributed by atoms with Crippen LogP contribution < -0.4 is 0 Å². The zero-order valence-corrected chi connectivity index (χ0v) is 18.3. The van der Waals surface area contributed by atoms with Crippen molar-refractivity contribution in [3.8, 4) is 0 Å². The lowest BCUT2D eigenvalue weighted by molar-refractivity contribution is -0.163. The molecule has 0 aliphatic heterocycles. The van der Waals surface area contributed by atoms with Crippen LogP contribution in [-0.4, -0.2) is 27.0 Å². The van der Waals surface area contributed by atoms with Gasteiger partial charge in [-0.1, -0.05) is 7.43 Å². The topological polar surface area (TPSA) is 35.5 Å². The fourth-order valence-corrected chi connectivity index (χ4v) is 6.21. The Kier molecular flexibility index (Phi) is 6.39. The van der Waals surface area contributed by atoms with Crippen LogP contribution in [-0.2, 0) is 14.0 Å². The molecule has 7 atom stereocenters. The van der Waals surface area contributed by atoms with Gasteiger partial charge in [-0.05, 0) is 108 Å². The predicted octanol–water partition coefficient (Wildman–Crippen LogP) is 5.75. The molecule has 4 heteroatoms. The molecule has 0 aromatic carbocycles. The highest BCUT2D eigenvalue weighted by Crippen LogP contribution is 2.68. The lowest BCUT2D eigenvalue weighted by Crippen LogP contribution is -2.38. The minimum absolute atomic E-state index is 0. The number of carbonyl (C=O) groups is 1. The molecule has 4 aliphatic carbocycles. The molecular weight excluding hydrogens is 340 g/mol. The molecular formula is C22H42O3Si. The van der Waals surface area contributed by atoms with Crippen LogP contribution in [0.4, 0.5) is 0 Å². The van der Waals surface area contributed by atoms with Gasteiger partial charge in [-0.15, -0.1) is 0 Å². The maximum Gasteiger partial charge on any atom is 0.309 e. The van der Waals surface area contributed by atoms with Crippen LogP contribution in [0.1, 0.15) is 60.3 Å². The fourth-order valence-electron chi connectivity index (χ4n) is 6.21. The Morgan fingerprint density at radius 1 is 0.923 bits per heavy atom. The lowest BCUT2D eigenvalue weighted by atomic mass is 9.67. The highest BCUT2D eigenvalue weighted by atomic mass is 28.4. The summed E-state index contributed by atoms with van der Waals surface area (Å²) in [5.74, 6) is 5.69. The van der Waals surface area contributed by atoms with Gasteiger partial charge in [-0.25, -0.2) is 0 Å². The van der Waals surface area contributed by atoms with E-state index in [1.807, 2.05) is 20.8 Å². The summed E-state index contributed by atoms with van der Waals surface area (Å²) in [4.78, 5) is 12.4. The Morgan fingerprint density at radius 2 is 1.46 bits per heavy atom. The van der Waals surface area contributed by atoms with Gasteiger partial charge >= 0.3 is 5.97 Å². The summed E-state index contributed by atoms with van der Waals surface area (Å²) < 4.78 is 10.7. The van der Waals surface area contributed by atoms with Gasteiger partial charge in [0.25, 0.3) is 0 Å². The number of rotatable bonds is 2. The van der Waals surface area contributed by atoms with E-state index in [9.17, 15) is 4.79 Å². The van der Waals surface area contributed by atoms with Crippen LogP contribution in [0.15, 0.2) is 0 Å². The highest BCUT2D eigenvalue weighted by molar-refractivity contribution is 6.69. The van der Waals surface area contributed by atoms with E-state index in [1.165, 1.54) is 25.7 Å². The van der Waals surface area contributed by atoms with E-state index in [1.54, 1.807) is 7.11 Å². The molecule has 0 aromatic rings. The molecule has 4 fully saturated rings. The van der Waals surface area contributed by atoms with Crippen LogP contribution in [0.25, 0.3) is 0 Å². The van der Waals surface area contributed by atoms with Crippen molar-refractivity contribution >= 4 is 14.3 Å². The van der Waals surface area contributed by atoms with Gasteiger partial charge in [0.05, 0.1) is 5.92 Å². The second kappa shape index (κ2) is 7.58. The lowest BCUT2D eigenvalue weighted by Gasteiger charge is -2.38. The molecule has 0 radical (unpaired) electrons. The largest absolute Gasteiger partial charge is 0.460 e. The first kappa shape index (κ1) is 21.9. The van der Waals surface area contributed by atoms with E-state index >= 15 is 0 Å². The maximum absolute atomic E-state index is 12.4. The van der Waals surface area contributed by atoms with Crippen molar-refractivity contribution in [3.63, 3.8) is 0 Å². The third-order valence-electron chi connectivity index (χ3n) is 7.06. The van der Waals surface area contributed by atoms with Gasteiger partial charge in [-0.2, -0.15) is 0 Å². The van der Waals surface area contributed by atoms with Crippen LogP contribution in [0.2, 0.25) is 19.6 Å². The Morgan fingerprint density at radius 3 is 1.96 bits per heavy atom. The highest BCUT2D eigenvalue weighted by Gasteiger charge is 2.63. The third-order valence-corrected chi connectivity index (χ3v) is 8.28. The van der Waals surface area contributed by atoms with Crippen molar-refractivity contribution in [1.29, 1.82) is 0 Å². The Balaban J connectivity index is 0.000000305. The van der Waals surface area contributed by atoms with Crippen molar-refractivity contribution in [1.82, 2.24) is 0 Å². The summed E-state index contributed by atoms with van der Waals surface area (Å²) in [6.07, 6.45) is 6.85. The van der Waals surface area contributed by atoms with Gasteiger partial charge in [0.2, 0.25) is 0 Å². The molecule has 0 N–H and O–H groups in total. The molecule has 7 unspecified atom stereocenters. The monoisotopic (exact) mass is 382 g/mol. The normalized spacial score (nSPS) is 39.7. The predicted molar refractivity (Wildman–Crippen MR) is 110 cm³/mol. The first-order chi connectivity index (χ1) is 11.5. The van der Waals surface area contributed by atoms with Crippen LogP contribution >= 0.6 is 0 Å². The minimum atomic E-state index is -1.13. The summed E-state index contributed by atoms with van der Waals surface area (Å²) in [6.45, 7) is 12.4. The average molecular weight is 383 g/mol. The Hall–Kier alpha value is -0.353. The van der Waals surface area contributed by atoms with Crippen LogP contribution in [0.5, 0.6) is 0 Å². The van der Waals surface area contributed by atoms with Crippen LogP contribution in [0, 0.1) is 41.4 Å². The first-order valence-electron chi connectivity index (χ1n) is 10.3. The van der Waals surface area contributed by atoms with Crippen molar-refractivity contribution < 1.29 is 14.0 Å². The molecule has 0 amide bonds. The third kappa shape index (κ3) is 4.38. The molecule has 4 bridgehead atoms. The summed E-state index contributed by atoms with van der Waals surface area (Å²) in [6, 6.07) is 0. The number of ether oxygens (including phenoxy) is 1. The molecule has 0 aromatic heterocycles. The molecule has 0 spiro atoms. The number of carbonyl (C=O) groups excluding carboxylic acids is 1. The summed E-state index contributed by atoms with van der Waals surface area (Å²) >= 11 is 0. The van der Waals surface area contributed by atoms with Crippen molar-refractivity contribution in [3.05, 3.63) is 0 Å². The van der Waals surface area contributed by atoms with Gasteiger partial charge < -0.3 is 9.16 Å². The van der Waals surface area contributed by atoms with Crippen molar-refractivity contribution in [2.45, 2.75) is 85.5 Å². The molecule has 152 valence electrons. The average Bonchev–Trinajstić information content (AvgIpc) is 3.23. The Bertz CT molecular complexity index is 504. The standard InChI is InChI=1S/C17H26O2.C4H12OSi.CH4/c1-17(2,3)19-16(18)13-8-11-7-12(13)15-10-5-4-9(6-10)14(11)15;1-5-6(2,3)4;/h9-15H,4-8H2,1-3H3;1-4H3;1H4. The van der Waals surface area contributed by atoms with E-state index in [4.69, 9.17) is 9.16 Å². The van der Waals surface area contributed by atoms with E-state index in [0.717, 1.165) is 36.0 Å². The molecule has 26 heavy (non-hydrogen) atoms. The SMILES string of the molecule is C.CC(C)(C)OC(=O)C1CC2CC1C1C3CCC(C3)C21.CO[Si](C)(C)C. The second-order valence-electron chi connectivity index (χ2n) is 10.8. The smallest absolute Gasteiger partial charge is 0.309 e. The number of fused-ring (bicyclic) bond motifs is 9. The summed E-state index contributed by atoms with van der Waals surface area (Å²) in [5.41, 5.74) is -0.326. The number of hydrogen-bond donors (Lipinski definition) is 0. The Labute approximate surface area is 162 Å². The van der Waals surface area contributed by atoms with Gasteiger partial charge in [-0.3, -0.25) is 4.79 Å². The number of esters is 1. The summed E-state index contributed by atoms with van der Waals surface area (Å²) in [7, 11) is 0.639. The molecule has 0 heterocycles. The summed E-state index contributed by atoms with van der Waals surface area (Å²) in [5, 5.41) is 0. The van der Waals surface area contributed by atoms with E-state index in [-0.39, 0.29) is 24.9 Å².